The summed E-state index contributed by atoms with van der Waals surface area (Å²) in [6.07, 6.45) is 0.944. The summed E-state index contributed by atoms with van der Waals surface area (Å²) in [5.41, 5.74) is 4.58. The molecule has 4 rings (SSSR count). The van der Waals surface area contributed by atoms with E-state index >= 15 is 0 Å². The lowest BCUT2D eigenvalue weighted by atomic mass is 10.1. The fraction of sp³-hybridized carbons (Fsp3) is 0.462. The highest BCUT2D eigenvalue weighted by Gasteiger charge is 2.15. The first-order valence-corrected chi connectivity index (χ1v) is 11.5. The van der Waals surface area contributed by atoms with Crippen molar-refractivity contribution in [2.45, 2.75) is 46.3 Å². The number of hydrogen-bond acceptors (Lipinski definition) is 6. The molecule has 0 unspecified atom stereocenters. The van der Waals surface area contributed by atoms with Gasteiger partial charge in [0, 0.05) is 37.3 Å². The Balaban J connectivity index is 0.000000383. The second-order valence-electron chi connectivity index (χ2n) is 9.07. The minimum Gasteiger partial charge on any atom is -0.497 e. The molecule has 0 bridgehead atoms. The van der Waals surface area contributed by atoms with Crippen molar-refractivity contribution in [1.82, 2.24) is 15.1 Å². The summed E-state index contributed by atoms with van der Waals surface area (Å²) in [6.45, 7) is 13.1. The normalized spacial score (nSPS) is 13.9. The standard InChI is InChI=1S/C21H26N4O.C5H10O2/c1-3-20-19-9-6-17(24-12-10-22-11-13-24)14-21(19)25(23-20)15-16-4-7-18(26-2)8-5-16;1-5(2,3)7-4-6/h4-9,14,22H,3,10-13,15H2,1-2H3;4H,1-3H3. The van der Waals surface area contributed by atoms with Crippen molar-refractivity contribution in [3.05, 3.63) is 53.7 Å². The highest BCUT2D eigenvalue weighted by molar-refractivity contribution is 5.85. The van der Waals surface area contributed by atoms with Gasteiger partial charge in [-0.3, -0.25) is 9.48 Å². The van der Waals surface area contributed by atoms with E-state index in [1.807, 2.05) is 32.9 Å². The predicted molar refractivity (Wildman–Crippen MR) is 133 cm³/mol. The first kappa shape index (κ1) is 24.6. The number of ether oxygens (including phenoxy) is 2. The molecule has 3 aromatic rings. The quantitative estimate of drug-likeness (QED) is 0.570. The minimum atomic E-state index is -0.318. The van der Waals surface area contributed by atoms with Crippen LogP contribution in [0.2, 0.25) is 0 Å². The SMILES string of the molecule is CC(C)(C)OC=O.CCc1nn(Cc2ccc(OC)cc2)c2cc(N3CCNCC3)ccc12. The van der Waals surface area contributed by atoms with Gasteiger partial charge >= 0.3 is 0 Å². The maximum Gasteiger partial charge on any atom is 0.293 e. The summed E-state index contributed by atoms with van der Waals surface area (Å²) in [6, 6.07) is 15.0. The molecule has 0 spiro atoms. The molecule has 178 valence electrons. The number of anilines is 1. The number of nitrogens with zero attached hydrogens (tertiary/aromatic N) is 3. The summed E-state index contributed by atoms with van der Waals surface area (Å²) in [4.78, 5) is 12.0. The van der Waals surface area contributed by atoms with Crippen LogP contribution in [0, 0.1) is 0 Å². The summed E-state index contributed by atoms with van der Waals surface area (Å²) >= 11 is 0. The van der Waals surface area contributed by atoms with E-state index in [1.165, 1.54) is 27.8 Å². The van der Waals surface area contributed by atoms with Gasteiger partial charge in [-0.2, -0.15) is 5.10 Å². The van der Waals surface area contributed by atoms with E-state index in [1.54, 1.807) is 7.11 Å². The minimum absolute atomic E-state index is 0.318. The van der Waals surface area contributed by atoms with Crippen molar-refractivity contribution < 1.29 is 14.3 Å². The molecule has 0 atom stereocenters. The average molecular weight is 453 g/mol. The van der Waals surface area contributed by atoms with Gasteiger partial charge < -0.3 is 19.7 Å². The molecular formula is C26H36N4O3. The second kappa shape index (κ2) is 11.2. The molecule has 1 saturated heterocycles. The zero-order chi connectivity index (χ0) is 23.8. The van der Waals surface area contributed by atoms with Gasteiger partial charge in [0.05, 0.1) is 24.9 Å². The van der Waals surface area contributed by atoms with Crippen molar-refractivity contribution in [2.75, 3.05) is 38.2 Å². The zero-order valence-corrected chi connectivity index (χ0v) is 20.4. The molecular weight excluding hydrogens is 416 g/mol. The van der Waals surface area contributed by atoms with E-state index in [4.69, 9.17) is 9.84 Å². The molecule has 1 fully saturated rings. The van der Waals surface area contributed by atoms with Crippen LogP contribution in [0.5, 0.6) is 5.75 Å². The van der Waals surface area contributed by atoms with Crippen LogP contribution in [0.25, 0.3) is 10.9 Å². The van der Waals surface area contributed by atoms with Crippen molar-refractivity contribution in [3.63, 3.8) is 0 Å². The van der Waals surface area contributed by atoms with Crippen LogP contribution >= 0.6 is 0 Å². The van der Waals surface area contributed by atoms with Crippen LogP contribution < -0.4 is 15.0 Å². The van der Waals surface area contributed by atoms with E-state index in [0.717, 1.165) is 44.9 Å². The van der Waals surface area contributed by atoms with E-state index < -0.39 is 0 Å². The Morgan fingerprint density at radius 3 is 2.33 bits per heavy atom. The highest BCUT2D eigenvalue weighted by Crippen LogP contribution is 2.26. The van der Waals surface area contributed by atoms with Crippen LogP contribution in [-0.2, 0) is 22.5 Å². The number of aromatic nitrogens is 2. The first-order valence-electron chi connectivity index (χ1n) is 11.5. The maximum absolute atomic E-state index is 9.60. The van der Waals surface area contributed by atoms with E-state index in [-0.39, 0.29) is 5.60 Å². The van der Waals surface area contributed by atoms with Crippen LogP contribution in [-0.4, -0.2) is 55.1 Å². The summed E-state index contributed by atoms with van der Waals surface area (Å²) < 4.78 is 12.0. The zero-order valence-electron chi connectivity index (χ0n) is 20.4. The topological polar surface area (TPSA) is 68.6 Å². The summed E-state index contributed by atoms with van der Waals surface area (Å²) in [5, 5.41) is 9.57. The summed E-state index contributed by atoms with van der Waals surface area (Å²) in [7, 11) is 1.70. The number of rotatable bonds is 6. The van der Waals surface area contributed by atoms with Gasteiger partial charge in [0.1, 0.15) is 11.4 Å². The van der Waals surface area contributed by atoms with Gasteiger partial charge in [0.2, 0.25) is 0 Å². The first-order chi connectivity index (χ1) is 15.8. The number of methoxy groups -OCH3 is 1. The van der Waals surface area contributed by atoms with Crippen molar-refractivity contribution >= 4 is 23.1 Å². The van der Waals surface area contributed by atoms with Gasteiger partial charge in [0.25, 0.3) is 6.47 Å². The Morgan fingerprint density at radius 1 is 1.09 bits per heavy atom. The highest BCUT2D eigenvalue weighted by atomic mass is 16.5. The molecule has 0 saturated carbocycles. The van der Waals surface area contributed by atoms with Crippen molar-refractivity contribution in [2.24, 2.45) is 0 Å². The molecule has 1 N–H and O–H groups in total. The van der Waals surface area contributed by atoms with Gasteiger partial charge in [-0.1, -0.05) is 19.1 Å². The van der Waals surface area contributed by atoms with E-state index in [9.17, 15) is 4.79 Å². The summed E-state index contributed by atoms with van der Waals surface area (Å²) in [5.74, 6) is 0.884. The van der Waals surface area contributed by atoms with Gasteiger partial charge in [-0.15, -0.1) is 0 Å². The van der Waals surface area contributed by atoms with E-state index in [0.29, 0.717) is 6.47 Å². The van der Waals surface area contributed by atoms with Gasteiger partial charge in [-0.25, -0.2) is 0 Å². The molecule has 1 aliphatic rings. The number of aryl methyl sites for hydroxylation is 1. The number of carbonyl (C=O) groups excluding carboxylic acids is 1. The average Bonchev–Trinajstić information content (AvgIpc) is 3.16. The Labute approximate surface area is 196 Å². The fourth-order valence-corrected chi connectivity index (χ4v) is 3.78. The molecule has 0 aliphatic carbocycles. The Hall–Kier alpha value is -3.06. The van der Waals surface area contributed by atoms with Gasteiger partial charge in [-0.05, 0) is 63.1 Å². The smallest absolute Gasteiger partial charge is 0.293 e. The van der Waals surface area contributed by atoms with Crippen molar-refractivity contribution in [3.8, 4) is 5.75 Å². The predicted octanol–water partition coefficient (Wildman–Crippen LogP) is 4.02. The maximum atomic E-state index is 9.60. The van der Waals surface area contributed by atoms with Gasteiger partial charge in [0.15, 0.2) is 0 Å². The molecule has 7 heteroatoms. The molecule has 2 heterocycles. The molecule has 0 radical (unpaired) electrons. The number of nitrogens with one attached hydrogen (secondary N) is 1. The van der Waals surface area contributed by atoms with Crippen LogP contribution in [0.1, 0.15) is 39.0 Å². The largest absolute Gasteiger partial charge is 0.497 e. The molecule has 0 amide bonds. The molecule has 33 heavy (non-hydrogen) atoms. The molecule has 2 aromatic carbocycles. The van der Waals surface area contributed by atoms with Crippen LogP contribution in [0.3, 0.4) is 0 Å². The number of hydrogen-bond donors (Lipinski definition) is 1. The fourth-order valence-electron chi connectivity index (χ4n) is 3.78. The second-order valence-corrected chi connectivity index (χ2v) is 9.07. The number of fused-ring (bicyclic) bond motifs is 1. The Morgan fingerprint density at radius 2 is 1.79 bits per heavy atom. The van der Waals surface area contributed by atoms with Crippen LogP contribution in [0.15, 0.2) is 42.5 Å². The molecule has 1 aromatic heterocycles. The lowest BCUT2D eigenvalue weighted by Crippen LogP contribution is -2.43. The van der Waals surface area contributed by atoms with Crippen molar-refractivity contribution in [1.29, 1.82) is 0 Å². The third-order valence-electron chi connectivity index (χ3n) is 5.52. The lowest BCUT2D eigenvalue weighted by Gasteiger charge is -2.29. The third kappa shape index (κ3) is 6.71. The third-order valence-corrected chi connectivity index (χ3v) is 5.52. The Bertz CT molecular complexity index is 1030. The number of benzene rings is 2. The number of carbonyl (C=O) groups is 1. The monoisotopic (exact) mass is 452 g/mol. The number of piperazine rings is 1. The van der Waals surface area contributed by atoms with Crippen LogP contribution in [0.4, 0.5) is 5.69 Å². The molecule has 7 nitrogen and oxygen atoms in total. The lowest BCUT2D eigenvalue weighted by molar-refractivity contribution is -0.138. The molecule has 1 aliphatic heterocycles. The van der Waals surface area contributed by atoms with E-state index in [2.05, 4.69) is 56.9 Å². The Kier molecular flexibility index (Phi) is 8.33.